The standard InChI is InChI=1S/C17H17N3OS/c1-10-3-5-11(6-4-10)12-7-8-14-13(9-12)15(16(21)19-14)20-17(22)18-2/h3-9,15H,1-2H3,(H,19,21)(H2,18,20,22)/t15-/m0/s1. The number of hydrogen-bond acceptors (Lipinski definition) is 2. The van der Waals surface area contributed by atoms with E-state index in [1.54, 1.807) is 7.05 Å². The van der Waals surface area contributed by atoms with Gasteiger partial charge >= 0.3 is 0 Å². The molecular weight excluding hydrogens is 294 g/mol. The molecule has 0 spiro atoms. The summed E-state index contributed by atoms with van der Waals surface area (Å²) in [5.41, 5.74) is 5.18. The summed E-state index contributed by atoms with van der Waals surface area (Å²) < 4.78 is 0. The van der Waals surface area contributed by atoms with Crippen LogP contribution in [-0.4, -0.2) is 18.1 Å². The quantitative estimate of drug-likeness (QED) is 0.747. The van der Waals surface area contributed by atoms with Crippen molar-refractivity contribution >= 4 is 28.9 Å². The van der Waals surface area contributed by atoms with Gasteiger partial charge in [-0.3, -0.25) is 4.79 Å². The summed E-state index contributed by atoms with van der Waals surface area (Å²) in [6, 6.07) is 13.9. The van der Waals surface area contributed by atoms with Gasteiger partial charge in [0, 0.05) is 18.3 Å². The number of amides is 1. The first-order valence-corrected chi connectivity index (χ1v) is 7.49. The molecule has 0 fully saturated rings. The van der Waals surface area contributed by atoms with Gasteiger partial charge in [0.05, 0.1) is 0 Å². The van der Waals surface area contributed by atoms with Gasteiger partial charge in [-0.1, -0.05) is 35.9 Å². The van der Waals surface area contributed by atoms with Crippen LogP contribution in [0.15, 0.2) is 42.5 Å². The first-order valence-electron chi connectivity index (χ1n) is 7.08. The van der Waals surface area contributed by atoms with E-state index < -0.39 is 6.04 Å². The minimum atomic E-state index is -0.458. The summed E-state index contributed by atoms with van der Waals surface area (Å²) in [4.78, 5) is 12.1. The van der Waals surface area contributed by atoms with Crippen molar-refractivity contribution in [3.63, 3.8) is 0 Å². The molecule has 1 aliphatic heterocycles. The van der Waals surface area contributed by atoms with Gasteiger partial charge < -0.3 is 16.0 Å². The summed E-state index contributed by atoms with van der Waals surface area (Å²) in [5, 5.41) is 9.20. The van der Waals surface area contributed by atoms with Crippen LogP contribution in [0, 0.1) is 6.92 Å². The van der Waals surface area contributed by atoms with Crippen LogP contribution in [0.4, 0.5) is 5.69 Å². The van der Waals surface area contributed by atoms with Crippen molar-refractivity contribution < 1.29 is 4.79 Å². The van der Waals surface area contributed by atoms with Gasteiger partial charge in [0.15, 0.2) is 5.11 Å². The second-order valence-electron chi connectivity index (χ2n) is 5.31. The Balaban J connectivity index is 1.97. The topological polar surface area (TPSA) is 53.2 Å². The summed E-state index contributed by atoms with van der Waals surface area (Å²) >= 11 is 5.11. The van der Waals surface area contributed by atoms with Gasteiger partial charge in [0.25, 0.3) is 5.91 Å². The molecule has 0 saturated carbocycles. The number of rotatable bonds is 2. The molecule has 2 aromatic carbocycles. The number of anilines is 1. The van der Waals surface area contributed by atoms with Crippen molar-refractivity contribution in [3.8, 4) is 11.1 Å². The molecule has 0 bridgehead atoms. The Bertz CT molecular complexity index is 740. The fraction of sp³-hybridized carbons (Fsp3) is 0.176. The summed E-state index contributed by atoms with van der Waals surface area (Å²) in [6.07, 6.45) is 0. The molecule has 4 nitrogen and oxygen atoms in total. The highest BCUT2D eigenvalue weighted by atomic mass is 32.1. The van der Waals surface area contributed by atoms with Crippen LogP contribution in [0.1, 0.15) is 17.2 Å². The zero-order chi connectivity index (χ0) is 15.7. The highest BCUT2D eigenvalue weighted by Gasteiger charge is 2.31. The zero-order valence-electron chi connectivity index (χ0n) is 12.4. The maximum Gasteiger partial charge on any atom is 0.251 e. The van der Waals surface area contributed by atoms with Crippen LogP contribution in [0.5, 0.6) is 0 Å². The summed E-state index contributed by atoms with van der Waals surface area (Å²) in [7, 11) is 1.73. The lowest BCUT2D eigenvalue weighted by Gasteiger charge is -2.14. The molecule has 22 heavy (non-hydrogen) atoms. The van der Waals surface area contributed by atoms with Gasteiger partial charge in [-0.05, 0) is 42.4 Å². The third kappa shape index (κ3) is 2.67. The van der Waals surface area contributed by atoms with Gasteiger partial charge in [0.1, 0.15) is 6.04 Å². The number of fused-ring (bicyclic) bond motifs is 1. The molecule has 112 valence electrons. The number of carbonyl (C=O) groups excluding carboxylic acids is 1. The molecule has 1 amide bonds. The number of benzene rings is 2. The SMILES string of the molecule is CNC(=S)N[C@@H]1C(=O)Nc2ccc(-c3ccc(C)cc3)cc21. The van der Waals surface area contributed by atoms with Crippen molar-refractivity contribution in [2.75, 3.05) is 12.4 Å². The lowest BCUT2D eigenvalue weighted by Crippen LogP contribution is -2.38. The number of carbonyl (C=O) groups is 1. The van der Waals surface area contributed by atoms with Crippen LogP contribution in [-0.2, 0) is 4.79 Å². The Labute approximate surface area is 134 Å². The van der Waals surface area contributed by atoms with E-state index in [0.717, 1.165) is 22.4 Å². The number of thiocarbonyl (C=S) groups is 1. The lowest BCUT2D eigenvalue weighted by atomic mass is 9.99. The van der Waals surface area contributed by atoms with Gasteiger partial charge in [-0.25, -0.2) is 0 Å². The Morgan fingerprint density at radius 3 is 2.50 bits per heavy atom. The maximum atomic E-state index is 12.1. The fourth-order valence-corrected chi connectivity index (χ4v) is 2.65. The number of hydrogen-bond donors (Lipinski definition) is 3. The minimum absolute atomic E-state index is 0.0892. The van der Waals surface area contributed by atoms with E-state index in [4.69, 9.17) is 12.2 Å². The minimum Gasteiger partial charge on any atom is -0.366 e. The molecule has 2 aromatic rings. The lowest BCUT2D eigenvalue weighted by molar-refractivity contribution is -0.117. The Morgan fingerprint density at radius 1 is 1.14 bits per heavy atom. The third-order valence-corrected chi connectivity index (χ3v) is 4.09. The molecule has 0 unspecified atom stereocenters. The van der Waals surface area contributed by atoms with E-state index >= 15 is 0 Å². The van der Waals surface area contributed by atoms with E-state index in [-0.39, 0.29) is 5.91 Å². The maximum absolute atomic E-state index is 12.1. The second kappa shape index (κ2) is 5.77. The Morgan fingerprint density at radius 2 is 1.82 bits per heavy atom. The first kappa shape index (κ1) is 14.5. The molecule has 5 heteroatoms. The van der Waals surface area contributed by atoms with Crippen molar-refractivity contribution in [3.05, 3.63) is 53.6 Å². The van der Waals surface area contributed by atoms with Crippen LogP contribution in [0.3, 0.4) is 0 Å². The Kier molecular flexibility index (Phi) is 3.81. The molecule has 0 aromatic heterocycles. The average molecular weight is 311 g/mol. The Hall–Kier alpha value is -2.40. The largest absolute Gasteiger partial charge is 0.366 e. The van der Waals surface area contributed by atoms with Crippen LogP contribution < -0.4 is 16.0 Å². The summed E-state index contributed by atoms with van der Waals surface area (Å²) in [6.45, 7) is 2.06. The molecule has 0 saturated heterocycles. The monoisotopic (exact) mass is 311 g/mol. The molecule has 0 radical (unpaired) electrons. The van der Waals surface area contributed by atoms with E-state index in [1.165, 1.54) is 5.56 Å². The van der Waals surface area contributed by atoms with Gasteiger partial charge in [-0.2, -0.15) is 0 Å². The summed E-state index contributed by atoms with van der Waals surface area (Å²) in [5.74, 6) is -0.0892. The van der Waals surface area contributed by atoms with Crippen molar-refractivity contribution in [2.24, 2.45) is 0 Å². The van der Waals surface area contributed by atoms with Gasteiger partial charge in [-0.15, -0.1) is 0 Å². The second-order valence-corrected chi connectivity index (χ2v) is 5.72. The molecule has 3 rings (SSSR count). The van der Waals surface area contributed by atoms with Crippen molar-refractivity contribution in [1.82, 2.24) is 10.6 Å². The van der Waals surface area contributed by atoms with E-state index in [0.29, 0.717) is 5.11 Å². The van der Waals surface area contributed by atoms with Crippen LogP contribution in [0.25, 0.3) is 11.1 Å². The van der Waals surface area contributed by atoms with E-state index in [1.807, 2.05) is 18.2 Å². The molecule has 1 aliphatic rings. The van der Waals surface area contributed by atoms with Crippen LogP contribution >= 0.6 is 12.2 Å². The highest BCUT2D eigenvalue weighted by Crippen LogP contribution is 2.34. The van der Waals surface area contributed by atoms with Crippen LogP contribution in [0.2, 0.25) is 0 Å². The van der Waals surface area contributed by atoms with E-state index in [9.17, 15) is 4.79 Å². The predicted molar refractivity (Wildman–Crippen MR) is 92.8 cm³/mol. The normalized spacial score (nSPS) is 15.9. The molecule has 1 heterocycles. The number of nitrogens with one attached hydrogen (secondary N) is 3. The third-order valence-electron chi connectivity index (χ3n) is 3.77. The van der Waals surface area contributed by atoms with Gasteiger partial charge in [0.2, 0.25) is 0 Å². The average Bonchev–Trinajstić information content (AvgIpc) is 2.83. The molecular formula is C17H17N3OS. The van der Waals surface area contributed by atoms with Crippen molar-refractivity contribution in [1.29, 1.82) is 0 Å². The molecule has 1 atom stereocenters. The molecule has 0 aliphatic carbocycles. The zero-order valence-corrected chi connectivity index (χ0v) is 13.3. The predicted octanol–water partition coefficient (Wildman–Crippen LogP) is 2.75. The fourth-order valence-electron chi connectivity index (χ4n) is 2.53. The number of aryl methyl sites for hydroxylation is 1. The smallest absolute Gasteiger partial charge is 0.251 e. The van der Waals surface area contributed by atoms with E-state index in [2.05, 4.69) is 47.1 Å². The molecule has 3 N–H and O–H groups in total. The van der Waals surface area contributed by atoms with Crippen molar-refractivity contribution in [2.45, 2.75) is 13.0 Å². The first-order chi connectivity index (χ1) is 10.6. The highest BCUT2D eigenvalue weighted by molar-refractivity contribution is 7.80.